The number of nitrogens with two attached hydrogens (primary N) is 1. The number of benzene rings is 1. The molecule has 0 aliphatic heterocycles. The fourth-order valence-electron chi connectivity index (χ4n) is 1.49. The van der Waals surface area contributed by atoms with Gasteiger partial charge in [0.25, 0.3) is 0 Å². The summed E-state index contributed by atoms with van der Waals surface area (Å²) in [7, 11) is 0. The van der Waals surface area contributed by atoms with Crippen molar-refractivity contribution in [1.29, 1.82) is 0 Å². The van der Waals surface area contributed by atoms with Crippen LogP contribution in [0.25, 0.3) is 0 Å². The minimum absolute atomic E-state index is 0.117. The Balaban J connectivity index is 2.22. The van der Waals surface area contributed by atoms with Crippen molar-refractivity contribution in [3.8, 4) is 0 Å². The lowest BCUT2D eigenvalue weighted by atomic mass is 10.1. The second kappa shape index (κ2) is 6.10. The van der Waals surface area contributed by atoms with Gasteiger partial charge in [-0.25, -0.2) is 9.18 Å². The summed E-state index contributed by atoms with van der Waals surface area (Å²) < 4.78 is 22.9. The van der Waals surface area contributed by atoms with Crippen LogP contribution in [0.5, 0.6) is 0 Å². The SMILES string of the molecule is CCOC(=O)c1nc(C(N)c2ccc(F)c(Br)c2)no1. The number of rotatable bonds is 4. The number of halogens is 2. The van der Waals surface area contributed by atoms with Gasteiger partial charge in [0, 0.05) is 0 Å². The predicted octanol–water partition coefficient (Wildman–Crippen LogP) is 2.20. The van der Waals surface area contributed by atoms with Crippen molar-refractivity contribution in [1.82, 2.24) is 10.1 Å². The fourth-order valence-corrected chi connectivity index (χ4v) is 1.89. The van der Waals surface area contributed by atoms with E-state index in [1.165, 1.54) is 18.2 Å². The number of carbonyl (C=O) groups excluding carboxylic acids is 1. The Morgan fingerprint density at radius 3 is 3.00 bits per heavy atom. The van der Waals surface area contributed by atoms with Crippen molar-refractivity contribution in [2.75, 3.05) is 6.61 Å². The first-order valence-corrected chi connectivity index (χ1v) is 6.53. The maximum absolute atomic E-state index is 13.2. The van der Waals surface area contributed by atoms with Crippen LogP contribution in [0, 0.1) is 5.82 Å². The van der Waals surface area contributed by atoms with E-state index >= 15 is 0 Å². The van der Waals surface area contributed by atoms with Gasteiger partial charge >= 0.3 is 11.9 Å². The van der Waals surface area contributed by atoms with E-state index < -0.39 is 17.8 Å². The Bertz CT molecular complexity index is 632. The molecule has 0 aliphatic rings. The van der Waals surface area contributed by atoms with Gasteiger partial charge in [0.1, 0.15) is 5.82 Å². The third kappa shape index (κ3) is 3.02. The van der Waals surface area contributed by atoms with E-state index in [4.69, 9.17) is 15.0 Å². The number of nitrogens with zero attached hydrogens (tertiary/aromatic N) is 2. The molecule has 1 heterocycles. The highest BCUT2D eigenvalue weighted by Gasteiger charge is 2.21. The van der Waals surface area contributed by atoms with Crippen molar-refractivity contribution >= 4 is 21.9 Å². The lowest BCUT2D eigenvalue weighted by Gasteiger charge is -2.07. The number of hydrogen-bond acceptors (Lipinski definition) is 6. The molecule has 1 unspecified atom stereocenters. The summed E-state index contributed by atoms with van der Waals surface area (Å²) in [6, 6.07) is 3.55. The van der Waals surface area contributed by atoms with Gasteiger partial charge in [-0.2, -0.15) is 4.98 Å². The van der Waals surface area contributed by atoms with E-state index in [0.29, 0.717) is 5.56 Å². The van der Waals surface area contributed by atoms with Crippen LogP contribution < -0.4 is 5.73 Å². The van der Waals surface area contributed by atoms with Crippen LogP contribution in [-0.2, 0) is 4.74 Å². The molecule has 6 nitrogen and oxygen atoms in total. The molecular formula is C12H11BrFN3O3. The maximum atomic E-state index is 13.2. The summed E-state index contributed by atoms with van der Waals surface area (Å²) in [6.07, 6.45) is 0. The summed E-state index contributed by atoms with van der Waals surface area (Å²) in [6.45, 7) is 1.87. The van der Waals surface area contributed by atoms with E-state index in [2.05, 4.69) is 26.1 Å². The molecule has 0 saturated heterocycles. The number of ether oxygens (including phenoxy) is 1. The second-order valence-electron chi connectivity index (χ2n) is 3.83. The van der Waals surface area contributed by atoms with Crippen molar-refractivity contribution in [3.05, 3.63) is 45.8 Å². The molecule has 0 amide bonds. The van der Waals surface area contributed by atoms with Gasteiger partial charge in [-0.05, 0) is 40.5 Å². The van der Waals surface area contributed by atoms with Crippen LogP contribution in [-0.4, -0.2) is 22.7 Å². The third-order valence-corrected chi connectivity index (χ3v) is 3.08. The molecule has 2 rings (SSSR count). The van der Waals surface area contributed by atoms with Gasteiger partial charge in [-0.3, -0.25) is 0 Å². The fraction of sp³-hybridized carbons (Fsp3) is 0.250. The molecule has 20 heavy (non-hydrogen) atoms. The Kier molecular flexibility index (Phi) is 4.46. The Morgan fingerprint density at radius 2 is 2.35 bits per heavy atom. The molecular weight excluding hydrogens is 333 g/mol. The normalized spacial score (nSPS) is 12.2. The van der Waals surface area contributed by atoms with Crippen molar-refractivity contribution in [3.63, 3.8) is 0 Å². The average molecular weight is 344 g/mol. The van der Waals surface area contributed by atoms with Crippen LogP contribution in [0.3, 0.4) is 0 Å². The zero-order valence-electron chi connectivity index (χ0n) is 10.5. The lowest BCUT2D eigenvalue weighted by molar-refractivity contribution is 0.0470. The van der Waals surface area contributed by atoms with Crippen molar-refractivity contribution < 1.29 is 18.4 Å². The summed E-state index contributed by atoms with van der Waals surface area (Å²) >= 11 is 3.07. The maximum Gasteiger partial charge on any atom is 0.397 e. The molecule has 0 saturated carbocycles. The van der Waals surface area contributed by atoms with Crippen LogP contribution in [0.2, 0.25) is 0 Å². The highest BCUT2D eigenvalue weighted by Crippen LogP contribution is 2.23. The number of carbonyl (C=O) groups is 1. The summed E-state index contributed by atoms with van der Waals surface area (Å²) in [5.41, 5.74) is 6.52. The van der Waals surface area contributed by atoms with Gasteiger partial charge in [0.15, 0.2) is 5.82 Å². The van der Waals surface area contributed by atoms with E-state index in [-0.39, 0.29) is 22.8 Å². The molecule has 2 aromatic rings. The highest BCUT2D eigenvalue weighted by molar-refractivity contribution is 9.10. The largest absolute Gasteiger partial charge is 0.459 e. The topological polar surface area (TPSA) is 91.2 Å². The monoisotopic (exact) mass is 343 g/mol. The smallest absolute Gasteiger partial charge is 0.397 e. The van der Waals surface area contributed by atoms with E-state index in [1.54, 1.807) is 6.92 Å². The summed E-state index contributed by atoms with van der Waals surface area (Å²) in [5.74, 6) is -1.26. The van der Waals surface area contributed by atoms with Gasteiger partial charge in [-0.15, -0.1) is 0 Å². The zero-order valence-corrected chi connectivity index (χ0v) is 12.1. The quantitative estimate of drug-likeness (QED) is 0.855. The molecule has 8 heteroatoms. The molecule has 0 aliphatic carbocycles. The van der Waals surface area contributed by atoms with Crippen LogP contribution in [0.15, 0.2) is 27.2 Å². The lowest BCUT2D eigenvalue weighted by Crippen LogP contribution is -2.14. The first kappa shape index (κ1) is 14.6. The Labute approximate surface area is 122 Å². The average Bonchev–Trinajstić information content (AvgIpc) is 2.91. The number of aromatic nitrogens is 2. The molecule has 2 N–H and O–H groups in total. The molecule has 106 valence electrons. The van der Waals surface area contributed by atoms with Gasteiger partial charge < -0.3 is 15.0 Å². The van der Waals surface area contributed by atoms with Crippen LogP contribution in [0.4, 0.5) is 4.39 Å². The van der Waals surface area contributed by atoms with Crippen LogP contribution in [0.1, 0.15) is 35.0 Å². The highest BCUT2D eigenvalue weighted by atomic mass is 79.9. The van der Waals surface area contributed by atoms with Gasteiger partial charge in [0.2, 0.25) is 0 Å². The number of hydrogen-bond donors (Lipinski definition) is 1. The number of esters is 1. The Morgan fingerprint density at radius 1 is 1.60 bits per heavy atom. The van der Waals surface area contributed by atoms with E-state index in [0.717, 1.165) is 0 Å². The molecule has 0 radical (unpaired) electrons. The van der Waals surface area contributed by atoms with E-state index in [9.17, 15) is 9.18 Å². The first-order chi connectivity index (χ1) is 9.52. The molecule has 0 fully saturated rings. The van der Waals surface area contributed by atoms with Crippen LogP contribution >= 0.6 is 15.9 Å². The molecule has 0 bridgehead atoms. The van der Waals surface area contributed by atoms with Crippen molar-refractivity contribution in [2.45, 2.75) is 13.0 Å². The third-order valence-electron chi connectivity index (χ3n) is 2.47. The minimum atomic E-state index is -0.737. The molecule has 1 atom stereocenters. The van der Waals surface area contributed by atoms with Gasteiger partial charge in [0.05, 0.1) is 17.1 Å². The summed E-state index contributed by atoms with van der Waals surface area (Å²) in [5, 5.41) is 3.63. The molecule has 0 spiro atoms. The molecule has 1 aromatic heterocycles. The van der Waals surface area contributed by atoms with Crippen molar-refractivity contribution in [2.24, 2.45) is 5.73 Å². The van der Waals surface area contributed by atoms with Gasteiger partial charge in [-0.1, -0.05) is 11.2 Å². The second-order valence-corrected chi connectivity index (χ2v) is 4.68. The Hall–Kier alpha value is -1.80. The molecule has 1 aromatic carbocycles. The van der Waals surface area contributed by atoms with E-state index in [1.807, 2.05) is 0 Å². The predicted molar refractivity (Wildman–Crippen MR) is 70.4 cm³/mol. The zero-order chi connectivity index (χ0) is 14.7. The first-order valence-electron chi connectivity index (χ1n) is 5.74. The standard InChI is InChI=1S/C12H11BrFN3O3/c1-2-19-12(18)11-16-10(17-20-11)9(15)6-3-4-8(14)7(13)5-6/h3-5,9H,2,15H2,1H3. The summed E-state index contributed by atoms with van der Waals surface area (Å²) in [4.78, 5) is 15.3. The minimum Gasteiger partial charge on any atom is -0.459 e.